The quantitative estimate of drug-likeness (QED) is 0.744. The molecule has 0 aliphatic carbocycles. The Morgan fingerprint density at radius 2 is 1.95 bits per heavy atom. The van der Waals surface area contributed by atoms with Crippen LogP contribution in [0.15, 0.2) is 18.2 Å². The molecule has 0 unspecified atom stereocenters. The maximum absolute atomic E-state index is 11.8. The van der Waals surface area contributed by atoms with E-state index >= 15 is 0 Å². The summed E-state index contributed by atoms with van der Waals surface area (Å²) in [7, 11) is 2.86. The molecule has 1 aromatic rings. The Morgan fingerprint density at radius 3 is 2.60 bits per heavy atom. The van der Waals surface area contributed by atoms with Crippen LogP contribution in [0.2, 0.25) is 0 Å². The van der Waals surface area contributed by atoms with Crippen molar-refractivity contribution in [3.63, 3.8) is 0 Å². The van der Waals surface area contributed by atoms with Gasteiger partial charge in [0.2, 0.25) is 5.91 Å². The van der Waals surface area contributed by atoms with Crippen LogP contribution in [0.1, 0.15) is 17.5 Å². The molecule has 5 heteroatoms. The van der Waals surface area contributed by atoms with Crippen LogP contribution in [0.5, 0.6) is 5.75 Å². The van der Waals surface area contributed by atoms with E-state index in [9.17, 15) is 9.59 Å². The number of methoxy groups -OCH3 is 1. The number of aryl methyl sites for hydroxylation is 1. The van der Waals surface area contributed by atoms with E-state index in [1.165, 1.54) is 12.0 Å². The molecule has 0 aliphatic heterocycles. The van der Waals surface area contributed by atoms with Gasteiger partial charge in [0.25, 0.3) is 0 Å². The minimum absolute atomic E-state index is 0.0429. The van der Waals surface area contributed by atoms with Crippen LogP contribution in [0.3, 0.4) is 0 Å². The van der Waals surface area contributed by atoms with E-state index in [0.717, 1.165) is 16.9 Å². The summed E-state index contributed by atoms with van der Waals surface area (Å²) in [5, 5.41) is 0. The predicted octanol–water partition coefficient (Wildman–Crippen LogP) is 1.70. The highest BCUT2D eigenvalue weighted by Gasteiger charge is 2.13. The molecule has 0 bridgehead atoms. The largest absolute Gasteiger partial charge is 0.493 e. The van der Waals surface area contributed by atoms with Gasteiger partial charge in [-0.05, 0) is 31.0 Å². The van der Waals surface area contributed by atoms with Crippen LogP contribution in [0.25, 0.3) is 0 Å². The van der Waals surface area contributed by atoms with E-state index in [1.807, 2.05) is 32.0 Å². The molecule has 5 nitrogen and oxygen atoms in total. The van der Waals surface area contributed by atoms with Crippen LogP contribution in [0, 0.1) is 13.8 Å². The maximum atomic E-state index is 11.8. The van der Waals surface area contributed by atoms with Crippen molar-refractivity contribution in [2.24, 2.45) is 0 Å². The Bertz CT molecular complexity index is 485. The molecule has 0 aromatic heterocycles. The smallest absolute Gasteiger partial charge is 0.325 e. The molecule has 0 radical (unpaired) electrons. The van der Waals surface area contributed by atoms with Crippen molar-refractivity contribution in [1.29, 1.82) is 0 Å². The highest BCUT2D eigenvalue weighted by atomic mass is 16.5. The third kappa shape index (κ3) is 4.57. The van der Waals surface area contributed by atoms with Gasteiger partial charge in [-0.2, -0.15) is 0 Å². The summed E-state index contributed by atoms with van der Waals surface area (Å²) in [5.74, 6) is 0.199. The summed E-state index contributed by atoms with van der Waals surface area (Å²) in [6.45, 7) is 4.24. The van der Waals surface area contributed by atoms with Gasteiger partial charge in [-0.25, -0.2) is 0 Å². The van der Waals surface area contributed by atoms with Crippen molar-refractivity contribution in [3.05, 3.63) is 29.3 Å². The first-order chi connectivity index (χ1) is 9.45. The lowest BCUT2D eigenvalue weighted by atomic mass is 10.1. The number of likely N-dealkylation sites (N-methyl/N-ethyl adjacent to an activating group) is 1. The number of hydrogen-bond donors (Lipinski definition) is 0. The molecule has 0 N–H and O–H groups in total. The fraction of sp³-hybridized carbons (Fsp3) is 0.467. The lowest BCUT2D eigenvalue weighted by molar-refractivity contribution is -0.146. The van der Waals surface area contributed by atoms with Crippen molar-refractivity contribution >= 4 is 11.9 Å². The summed E-state index contributed by atoms with van der Waals surface area (Å²) in [4.78, 5) is 24.2. The maximum Gasteiger partial charge on any atom is 0.325 e. The zero-order valence-corrected chi connectivity index (χ0v) is 12.4. The van der Waals surface area contributed by atoms with Crippen LogP contribution >= 0.6 is 0 Å². The fourth-order valence-electron chi connectivity index (χ4n) is 1.67. The van der Waals surface area contributed by atoms with E-state index in [0.29, 0.717) is 0 Å². The Kier molecular flexibility index (Phi) is 6.03. The third-order valence-corrected chi connectivity index (χ3v) is 3.15. The van der Waals surface area contributed by atoms with Crippen molar-refractivity contribution < 1.29 is 19.1 Å². The normalized spacial score (nSPS) is 10.0. The summed E-state index contributed by atoms with van der Waals surface area (Å²) in [6, 6.07) is 5.81. The zero-order valence-electron chi connectivity index (χ0n) is 12.4. The van der Waals surface area contributed by atoms with Gasteiger partial charge < -0.3 is 14.4 Å². The van der Waals surface area contributed by atoms with Gasteiger partial charge in [0.15, 0.2) is 0 Å². The lowest BCUT2D eigenvalue weighted by Crippen LogP contribution is -2.33. The molecule has 0 saturated carbocycles. The number of amides is 1. The average Bonchev–Trinajstić information content (AvgIpc) is 2.43. The van der Waals surface area contributed by atoms with Crippen LogP contribution in [-0.2, 0) is 14.3 Å². The lowest BCUT2D eigenvalue weighted by Gasteiger charge is -2.16. The van der Waals surface area contributed by atoms with Gasteiger partial charge in [0, 0.05) is 7.05 Å². The number of hydrogen-bond acceptors (Lipinski definition) is 4. The molecular weight excluding hydrogens is 258 g/mol. The highest BCUT2D eigenvalue weighted by Crippen LogP contribution is 2.20. The molecule has 0 heterocycles. The van der Waals surface area contributed by atoms with Crippen molar-refractivity contribution in [1.82, 2.24) is 4.90 Å². The molecule has 20 heavy (non-hydrogen) atoms. The van der Waals surface area contributed by atoms with E-state index < -0.39 is 5.97 Å². The fourth-order valence-corrected chi connectivity index (χ4v) is 1.67. The number of rotatable bonds is 6. The Hall–Kier alpha value is -2.04. The molecule has 0 aliphatic rings. The van der Waals surface area contributed by atoms with E-state index in [4.69, 9.17) is 4.74 Å². The number of esters is 1. The van der Waals surface area contributed by atoms with Crippen LogP contribution in [0.4, 0.5) is 0 Å². The van der Waals surface area contributed by atoms with Crippen molar-refractivity contribution in [3.8, 4) is 5.75 Å². The van der Waals surface area contributed by atoms with Crippen molar-refractivity contribution in [2.45, 2.75) is 20.3 Å². The van der Waals surface area contributed by atoms with Gasteiger partial charge in [0.1, 0.15) is 12.3 Å². The minimum Gasteiger partial charge on any atom is -0.493 e. The molecule has 1 amide bonds. The second-order valence-corrected chi connectivity index (χ2v) is 4.62. The topological polar surface area (TPSA) is 55.8 Å². The number of nitrogens with zero attached hydrogens (tertiary/aromatic N) is 1. The first kappa shape index (κ1) is 16.0. The molecule has 1 aromatic carbocycles. The molecule has 0 fully saturated rings. The molecule has 0 atom stereocenters. The second-order valence-electron chi connectivity index (χ2n) is 4.62. The zero-order chi connectivity index (χ0) is 15.1. The van der Waals surface area contributed by atoms with Gasteiger partial charge in [-0.15, -0.1) is 0 Å². The second kappa shape index (κ2) is 7.53. The Labute approximate surface area is 119 Å². The average molecular weight is 279 g/mol. The number of carbonyl (C=O) groups excluding carboxylic acids is 2. The monoisotopic (exact) mass is 279 g/mol. The predicted molar refractivity (Wildman–Crippen MR) is 75.7 cm³/mol. The molecule has 1 rings (SSSR count). The van der Waals surface area contributed by atoms with Crippen LogP contribution < -0.4 is 4.74 Å². The van der Waals surface area contributed by atoms with Gasteiger partial charge >= 0.3 is 5.97 Å². The molecule has 0 spiro atoms. The summed E-state index contributed by atoms with van der Waals surface area (Å²) >= 11 is 0. The van der Waals surface area contributed by atoms with E-state index in [2.05, 4.69) is 4.74 Å². The summed E-state index contributed by atoms with van der Waals surface area (Å²) < 4.78 is 10.1. The van der Waals surface area contributed by atoms with Gasteiger partial charge in [-0.1, -0.05) is 12.1 Å². The Morgan fingerprint density at radius 1 is 1.25 bits per heavy atom. The van der Waals surface area contributed by atoms with Crippen molar-refractivity contribution in [2.75, 3.05) is 27.3 Å². The minimum atomic E-state index is -0.434. The van der Waals surface area contributed by atoms with E-state index in [-0.39, 0.29) is 25.5 Å². The summed E-state index contributed by atoms with van der Waals surface area (Å²) in [6.07, 6.45) is 0.223. The summed E-state index contributed by atoms with van der Waals surface area (Å²) in [5.41, 5.74) is 2.22. The third-order valence-electron chi connectivity index (χ3n) is 3.15. The highest BCUT2D eigenvalue weighted by molar-refractivity contribution is 5.81. The molecule has 0 saturated heterocycles. The SMILES string of the molecule is COC(=O)CN(C)C(=O)CCOc1cccc(C)c1C. The number of carbonyl (C=O) groups is 2. The molecule has 110 valence electrons. The van der Waals surface area contributed by atoms with Crippen LogP contribution in [-0.4, -0.2) is 44.1 Å². The number of ether oxygens (including phenoxy) is 2. The first-order valence-corrected chi connectivity index (χ1v) is 6.45. The number of benzene rings is 1. The van der Waals surface area contributed by atoms with E-state index in [1.54, 1.807) is 7.05 Å². The Balaban J connectivity index is 2.42. The first-order valence-electron chi connectivity index (χ1n) is 6.45. The standard InChI is InChI=1S/C15H21NO4/c1-11-6-5-7-13(12(11)2)20-9-8-14(17)16(3)10-15(18)19-4/h5-7H,8-10H2,1-4H3. The van der Waals surface area contributed by atoms with Gasteiger partial charge in [-0.3, -0.25) is 9.59 Å². The van der Waals surface area contributed by atoms with Gasteiger partial charge in [0.05, 0.1) is 20.1 Å². The molecular formula is C15H21NO4.